The highest BCUT2D eigenvalue weighted by atomic mass is 32.2. The van der Waals surface area contributed by atoms with Gasteiger partial charge in [0.15, 0.2) is 5.16 Å². The van der Waals surface area contributed by atoms with Crippen molar-refractivity contribution < 1.29 is 4.39 Å². The lowest BCUT2D eigenvalue weighted by Crippen LogP contribution is -1.94. The Labute approximate surface area is 152 Å². The van der Waals surface area contributed by atoms with E-state index in [2.05, 4.69) is 19.9 Å². The molecule has 0 aliphatic heterocycles. The van der Waals surface area contributed by atoms with E-state index < -0.39 is 0 Å². The Hall–Kier alpha value is -2.38. The van der Waals surface area contributed by atoms with E-state index in [4.69, 9.17) is 0 Å². The summed E-state index contributed by atoms with van der Waals surface area (Å²) < 4.78 is 13.2. The van der Waals surface area contributed by atoms with Gasteiger partial charge in [-0.05, 0) is 49.4 Å². The van der Waals surface area contributed by atoms with Crippen LogP contribution in [-0.4, -0.2) is 19.9 Å². The first kappa shape index (κ1) is 16.1. The Bertz CT molecular complexity index is 1040. The van der Waals surface area contributed by atoms with Crippen molar-refractivity contribution in [3.8, 4) is 11.1 Å². The number of benzene rings is 1. The first-order valence-corrected chi connectivity index (χ1v) is 9.28. The van der Waals surface area contributed by atoms with Gasteiger partial charge in [0.1, 0.15) is 22.0 Å². The molecule has 3 aromatic heterocycles. The first-order valence-electron chi connectivity index (χ1n) is 7.58. The lowest BCUT2D eigenvalue weighted by molar-refractivity contribution is 0.628. The molecule has 4 rings (SSSR count). The molecule has 3 heterocycles. The second-order valence-corrected chi connectivity index (χ2v) is 7.36. The molecule has 0 atom stereocenters. The summed E-state index contributed by atoms with van der Waals surface area (Å²) in [4.78, 5) is 18.7. The number of fused-ring (bicyclic) bond motifs is 1. The molecule has 0 unspecified atom stereocenters. The highest BCUT2D eigenvalue weighted by Gasteiger charge is 2.15. The molecule has 0 aliphatic rings. The molecule has 4 nitrogen and oxygen atoms in total. The molecule has 4 aromatic rings. The maximum absolute atomic E-state index is 13.2. The summed E-state index contributed by atoms with van der Waals surface area (Å²) in [6.07, 6.45) is 1.55. The quantitative estimate of drug-likeness (QED) is 0.374. The molecule has 0 fully saturated rings. The lowest BCUT2D eigenvalue weighted by atomic mass is 10.1. The second kappa shape index (κ2) is 6.50. The van der Waals surface area contributed by atoms with E-state index in [1.807, 2.05) is 25.3 Å². The lowest BCUT2D eigenvalue weighted by Gasteiger charge is -2.06. The van der Waals surface area contributed by atoms with Crippen molar-refractivity contribution in [2.45, 2.75) is 24.0 Å². The number of halogens is 1. The smallest absolute Gasteiger partial charge is 0.194 e. The van der Waals surface area contributed by atoms with Crippen molar-refractivity contribution in [2.75, 3.05) is 0 Å². The molecule has 25 heavy (non-hydrogen) atoms. The zero-order chi connectivity index (χ0) is 17.4. The summed E-state index contributed by atoms with van der Waals surface area (Å²) in [6, 6.07) is 8.40. The summed E-state index contributed by atoms with van der Waals surface area (Å²) in [5, 5.41) is 4.44. The normalized spacial score (nSPS) is 11.2. The minimum atomic E-state index is -0.252. The summed E-state index contributed by atoms with van der Waals surface area (Å²) in [7, 11) is 0. The fraction of sp³-hybridized carbons (Fsp3) is 0.111. The van der Waals surface area contributed by atoms with Crippen molar-refractivity contribution in [1.29, 1.82) is 0 Å². The summed E-state index contributed by atoms with van der Waals surface area (Å²) >= 11 is 2.97. The molecule has 7 heteroatoms. The molecule has 0 aliphatic carbocycles. The van der Waals surface area contributed by atoms with E-state index in [9.17, 15) is 4.39 Å². The third kappa shape index (κ3) is 3.25. The predicted octanol–water partition coefficient (Wildman–Crippen LogP) is 5.06. The average Bonchev–Trinajstić information content (AvgIpc) is 3.00. The first-order chi connectivity index (χ1) is 12.1. The Morgan fingerprint density at radius 2 is 1.72 bits per heavy atom. The summed E-state index contributed by atoms with van der Waals surface area (Å²) in [5.74, 6) is -0.252. The number of rotatable bonds is 3. The molecule has 0 radical (unpaired) electrons. The maximum atomic E-state index is 13.2. The molecule has 124 valence electrons. The molecule has 0 bridgehead atoms. The topological polar surface area (TPSA) is 51.6 Å². The van der Waals surface area contributed by atoms with E-state index in [1.54, 1.807) is 29.8 Å². The predicted molar refractivity (Wildman–Crippen MR) is 98.4 cm³/mol. The zero-order valence-electron chi connectivity index (χ0n) is 13.5. The highest BCUT2D eigenvalue weighted by Crippen LogP contribution is 2.39. The van der Waals surface area contributed by atoms with E-state index in [-0.39, 0.29) is 5.82 Å². The van der Waals surface area contributed by atoms with Crippen LogP contribution in [-0.2, 0) is 0 Å². The summed E-state index contributed by atoms with van der Waals surface area (Å²) in [6.45, 7) is 3.89. The fourth-order valence-electron chi connectivity index (χ4n) is 2.59. The standard InChI is InChI=1S/C18H13FN4S2/c1-10-7-11(2)23-18(22-10)25-17-15-14(8-24-16(15)20-9-21-17)12-3-5-13(19)6-4-12/h3-9H,1-2H3. The van der Waals surface area contributed by atoms with Crippen LogP contribution in [0.25, 0.3) is 21.3 Å². The van der Waals surface area contributed by atoms with Crippen LogP contribution in [0.15, 0.2) is 52.2 Å². The van der Waals surface area contributed by atoms with Gasteiger partial charge in [0, 0.05) is 22.3 Å². The molecule has 1 aromatic carbocycles. The zero-order valence-corrected chi connectivity index (χ0v) is 15.2. The van der Waals surface area contributed by atoms with E-state index in [0.29, 0.717) is 5.16 Å². The Morgan fingerprint density at radius 1 is 1.00 bits per heavy atom. The van der Waals surface area contributed by atoms with Gasteiger partial charge >= 0.3 is 0 Å². The third-order valence-corrected chi connectivity index (χ3v) is 5.39. The van der Waals surface area contributed by atoms with Gasteiger partial charge in [-0.2, -0.15) is 0 Å². The van der Waals surface area contributed by atoms with Gasteiger partial charge in [-0.25, -0.2) is 24.3 Å². The van der Waals surface area contributed by atoms with Gasteiger partial charge in [-0.1, -0.05) is 12.1 Å². The van der Waals surface area contributed by atoms with Crippen molar-refractivity contribution in [3.63, 3.8) is 0 Å². The van der Waals surface area contributed by atoms with Gasteiger partial charge in [-0.3, -0.25) is 0 Å². The van der Waals surface area contributed by atoms with Crippen LogP contribution >= 0.6 is 23.1 Å². The second-order valence-electron chi connectivity index (χ2n) is 5.55. The van der Waals surface area contributed by atoms with Gasteiger partial charge in [0.05, 0.1) is 5.39 Å². The van der Waals surface area contributed by atoms with Gasteiger partial charge in [0.25, 0.3) is 0 Å². The molecular weight excluding hydrogens is 355 g/mol. The van der Waals surface area contributed by atoms with Crippen molar-refractivity contribution in [3.05, 3.63) is 59.2 Å². The Kier molecular flexibility index (Phi) is 4.19. The van der Waals surface area contributed by atoms with Crippen LogP contribution in [0.3, 0.4) is 0 Å². The number of nitrogens with zero attached hydrogens (tertiary/aromatic N) is 4. The van der Waals surface area contributed by atoms with Gasteiger partial charge < -0.3 is 0 Å². The number of hydrogen-bond donors (Lipinski definition) is 0. The van der Waals surface area contributed by atoms with E-state index in [1.165, 1.54) is 23.9 Å². The van der Waals surface area contributed by atoms with Crippen LogP contribution < -0.4 is 0 Å². The Balaban J connectivity index is 1.84. The SMILES string of the molecule is Cc1cc(C)nc(Sc2ncnc3scc(-c4ccc(F)cc4)c23)n1. The number of aryl methyl sites for hydroxylation is 2. The van der Waals surface area contributed by atoms with Crippen LogP contribution in [0.4, 0.5) is 4.39 Å². The number of aromatic nitrogens is 4. The minimum absolute atomic E-state index is 0.252. The molecule has 0 amide bonds. The van der Waals surface area contributed by atoms with Crippen LogP contribution in [0.1, 0.15) is 11.4 Å². The van der Waals surface area contributed by atoms with Crippen molar-refractivity contribution in [2.24, 2.45) is 0 Å². The number of hydrogen-bond acceptors (Lipinski definition) is 6. The van der Waals surface area contributed by atoms with Gasteiger partial charge in [-0.15, -0.1) is 11.3 Å². The monoisotopic (exact) mass is 368 g/mol. The fourth-order valence-corrected chi connectivity index (χ4v) is 4.53. The van der Waals surface area contributed by atoms with Crippen LogP contribution in [0, 0.1) is 19.7 Å². The third-order valence-electron chi connectivity index (χ3n) is 3.64. The van der Waals surface area contributed by atoms with Crippen molar-refractivity contribution >= 4 is 33.3 Å². The molecule has 0 saturated heterocycles. The average molecular weight is 368 g/mol. The van der Waals surface area contributed by atoms with Crippen LogP contribution in [0.2, 0.25) is 0 Å². The summed E-state index contributed by atoms with van der Waals surface area (Å²) in [5.41, 5.74) is 3.77. The minimum Gasteiger partial charge on any atom is -0.229 e. The molecule has 0 saturated carbocycles. The van der Waals surface area contributed by atoms with E-state index >= 15 is 0 Å². The highest BCUT2D eigenvalue weighted by molar-refractivity contribution is 7.99. The van der Waals surface area contributed by atoms with Gasteiger partial charge in [0.2, 0.25) is 0 Å². The molecule has 0 spiro atoms. The van der Waals surface area contributed by atoms with E-state index in [0.717, 1.165) is 37.8 Å². The molecular formula is C18H13FN4S2. The maximum Gasteiger partial charge on any atom is 0.194 e. The van der Waals surface area contributed by atoms with Crippen molar-refractivity contribution in [1.82, 2.24) is 19.9 Å². The number of thiophene rings is 1. The Morgan fingerprint density at radius 3 is 2.44 bits per heavy atom. The molecule has 0 N–H and O–H groups in total. The van der Waals surface area contributed by atoms with Crippen LogP contribution in [0.5, 0.6) is 0 Å². The largest absolute Gasteiger partial charge is 0.229 e.